The van der Waals surface area contributed by atoms with Crippen molar-refractivity contribution in [1.82, 2.24) is 9.13 Å². The largest absolute Gasteiger partial charge is 0.307 e. The van der Waals surface area contributed by atoms with E-state index < -0.39 is 0 Å². The number of benzene rings is 8. The second-order valence-corrected chi connectivity index (χ2v) is 15.0. The van der Waals surface area contributed by atoms with Crippen LogP contribution in [0.2, 0.25) is 0 Å². The molecule has 2 aromatic heterocycles. The van der Waals surface area contributed by atoms with Crippen LogP contribution in [0.3, 0.4) is 0 Å². The number of nitriles is 5. The Labute approximate surface area is 350 Å². The summed E-state index contributed by atoms with van der Waals surface area (Å²) in [5, 5.41) is 53.2. The van der Waals surface area contributed by atoms with Crippen LogP contribution >= 0.6 is 0 Å². The van der Waals surface area contributed by atoms with E-state index in [2.05, 4.69) is 107 Å². The third-order valence-electron chi connectivity index (χ3n) is 11.6. The Morgan fingerprint density at radius 1 is 0.344 bits per heavy atom. The Bertz CT molecular complexity index is 3730. The van der Waals surface area contributed by atoms with Gasteiger partial charge in [-0.05, 0) is 131 Å². The Kier molecular flexibility index (Phi) is 8.49. The van der Waals surface area contributed by atoms with Gasteiger partial charge in [0, 0.05) is 21.5 Å². The van der Waals surface area contributed by atoms with Crippen molar-refractivity contribution < 1.29 is 0 Å². The average molecular weight is 776 g/mol. The zero-order chi connectivity index (χ0) is 41.8. The predicted octanol–water partition coefficient (Wildman–Crippen LogP) is 12.5. The first-order valence-corrected chi connectivity index (χ1v) is 19.5. The molecular formula is C54H29N7. The molecule has 280 valence electrons. The first kappa shape index (κ1) is 36.2. The van der Waals surface area contributed by atoms with E-state index in [4.69, 9.17) is 0 Å². The molecule has 0 saturated heterocycles. The molecule has 0 bridgehead atoms. The van der Waals surface area contributed by atoms with Gasteiger partial charge in [0.05, 0.1) is 91.6 Å². The number of aromatic nitrogens is 2. The van der Waals surface area contributed by atoms with Crippen LogP contribution in [-0.2, 0) is 0 Å². The van der Waals surface area contributed by atoms with Gasteiger partial charge in [0.15, 0.2) is 0 Å². The van der Waals surface area contributed by atoms with E-state index in [1.807, 2.05) is 72.8 Å². The van der Waals surface area contributed by atoms with E-state index in [1.165, 1.54) is 0 Å². The van der Waals surface area contributed by atoms with Crippen molar-refractivity contribution in [3.63, 3.8) is 0 Å². The maximum absolute atomic E-state index is 10.1. The van der Waals surface area contributed by atoms with Gasteiger partial charge in [-0.25, -0.2) is 0 Å². The summed E-state index contributed by atoms with van der Waals surface area (Å²) in [7, 11) is 0. The van der Waals surface area contributed by atoms with Gasteiger partial charge < -0.3 is 9.13 Å². The molecule has 0 spiro atoms. The van der Waals surface area contributed by atoms with E-state index in [0.29, 0.717) is 27.8 Å². The van der Waals surface area contributed by atoms with E-state index >= 15 is 0 Å². The molecule has 0 saturated carbocycles. The topological polar surface area (TPSA) is 129 Å². The van der Waals surface area contributed by atoms with Gasteiger partial charge >= 0.3 is 0 Å². The van der Waals surface area contributed by atoms with Gasteiger partial charge in [0.1, 0.15) is 0 Å². The minimum atomic E-state index is 0.434. The van der Waals surface area contributed by atoms with Gasteiger partial charge in [-0.1, -0.05) is 72.8 Å². The first-order valence-electron chi connectivity index (χ1n) is 19.5. The fraction of sp³-hybridized carbons (Fsp3) is 0.0185. The van der Waals surface area contributed by atoms with Crippen LogP contribution in [0.1, 0.15) is 33.4 Å². The van der Waals surface area contributed by atoms with Gasteiger partial charge in [-0.3, -0.25) is 0 Å². The van der Waals surface area contributed by atoms with Crippen molar-refractivity contribution >= 4 is 43.6 Å². The minimum Gasteiger partial charge on any atom is -0.307 e. The fourth-order valence-electron chi connectivity index (χ4n) is 8.82. The number of fused-ring (bicyclic) bond motifs is 6. The Hall–Kier alpha value is -9.19. The van der Waals surface area contributed by atoms with Crippen LogP contribution < -0.4 is 0 Å². The van der Waals surface area contributed by atoms with Crippen molar-refractivity contribution in [2.75, 3.05) is 0 Å². The maximum Gasteiger partial charge on any atom is 0.0998 e. The molecule has 0 fully saturated rings. The SMILES string of the molecule is Cc1cc(-n2c3ccccc3c3cc(-c4ccc(C#N)cc4C#N)ccc32)c(-n2c3ccccc3c3cc(-c4ccc(C#N)cc4C#N)ccc32)cc1-c1cccc(C#N)c1. The van der Waals surface area contributed by atoms with Crippen molar-refractivity contribution in [2.45, 2.75) is 6.92 Å². The highest BCUT2D eigenvalue weighted by atomic mass is 15.1. The summed E-state index contributed by atoms with van der Waals surface area (Å²) in [6, 6.07) is 62.9. The Morgan fingerprint density at radius 3 is 1.31 bits per heavy atom. The number of nitrogens with zero attached hydrogens (tertiary/aromatic N) is 7. The molecule has 0 aliphatic heterocycles. The van der Waals surface area contributed by atoms with Crippen LogP contribution in [-0.4, -0.2) is 9.13 Å². The number of para-hydroxylation sites is 2. The standard InChI is InChI=1S/C54H29N7/c1-33-21-53(60-49-11-4-2-9-44(49)47-25-38(15-19-51(47)60)42-17-13-35(29-56)23-40(42)31-58)54(27-46(33)37-8-6-7-34(22-37)28-55)61-50-12-5-3-10-45(50)48-26-39(16-20-52(48)61)43-18-14-36(30-57)24-41(43)32-59/h2-27H,1H3. The molecule has 0 aliphatic carbocycles. The normalized spacial score (nSPS) is 11.0. The number of rotatable bonds is 5. The lowest BCUT2D eigenvalue weighted by molar-refractivity contribution is 1.09. The molecule has 0 N–H and O–H groups in total. The van der Waals surface area contributed by atoms with Crippen LogP contribution in [0.15, 0.2) is 158 Å². The van der Waals surface area contributed by atoms with E-state index in [0.717, 1.165) is 93.9 Å². The summed E-state index contributed by atoms with van der Waals surface area (Å²) in [5.74, 6) is 0. The Morgan fingerprint density at radius 2 is 0.803 bits per heavy atom. The summed E-state index contributed by atoms with van der Waals surface area (Å²) in [6.07, 6.45) is 0. The fourth-order valence-corrected chi connectivity index (χ4v) is 8.82. The van der Waals surface area contributed by atoms with Crippen molar-refractivity contribution in [1.29, 1.82) is 26.3 Å². The van der Waals surface area contributed by atoms with Crippen LogP contribution in [0.5, 0.6) is 0 Å². The molecule has 61 heavy (non-hydrogen) atoms. The molecule has 7 nitrogen and oxygen atoms in total. The molecule has 0 radical (unpaired) electrons. The average Bonchev–Trinajstić information content (AvgIpc) is 3.83. The van der Waals surface area contributed by atoms with Gasteiger partial charge in [0.2, 0.25) is 0 Å². The molecule has 10 rings (SSSR count). The van der Waals surface area contributed by atoms with E-state index in [-0.39, 0.29) is 0 Å². The highest BCUT2D eigenvalue weighted by molar-refractivity contribution is 6.13. The van der Waals surface area contributed by atoms with Crippen LogP contribution in [0.25, 0.3) is 88.4 Å². The molecule has 10 aromatic rings. The molecular weight excluding hydrogens is 747 g/mol. The lowest BCUT2D eigenvalue weighted by Crippen LogP contribution is -2.05. The second-order valence-electron chi connectivity index (χ2n) is 15.0. The van der Waals surface area contributed by atoms with Crippen LogP contribution in [0, 0.1) is 63.6 Å². The number of hydrogen-bond acceptors (Lipinski definition) is 5. The van der Waals surface area contributed by atoms with Crippen molar-refractivity contribution in [3.05, 3.63) is 191 Å². The van der Waals surface area contributed by atoms with Gasteiger partial charge in [0.25, 0.3) is 0 Å². The molecule has 0 amide bonds. The Balaban J connectivity index is 1.28. The zero-order valence-electron chi connectivity index (χ0n) is 32.6. The zero-order valence-corrected chi connectivity index (χ0v) is 32.6. The van der Waals surface area contributed by atoms with Crippen molar-refractivity contribution in [3.8, 4) is 75.1 Å². The monoisotopic (exact) mass is 775 g/mol. The maximum atomic E-state index is 10.1. The molecule has 7 heteroatoms. The number of hydrogen-bond donors (Lipinski definition) is 0. The third kappa shape index (κ3) is 5.77. The number of aryl methyl sites for hydroxylation is 1. The summed E-state index contributed by atoms with van der Waals surface area (Å²) in [6.45, 7) is 2.10. The van der Waals surface area contributed by atoms with Crippen molar-refractivity contribution in [2.24, 2.45) is 0 Å². The lowest BCUT2D eigenvalue weighted by Gasteiger charge is -2.20. The van der Waals surface area contributed by atoms with E-state index in [1.54, 1.807) is 24.3 Å². The first-order chi connectivity index (χ1) is 29.9. The predicted molar refractivity (Wildman–Crippen MR) is 240 cm³/mol. The quantitative estimate of drug-likeness (QED) is 0.172. The highest BCUT2D eigenvalue weighted by Crippen LogP contribution is 2.43. The molecule has 0 unspecified atom stereocenters. The molecule has 0 atom stereocenters. The lowest BCUT2D eigenvalue weighted by atomic mass is 9.96. The van der Waals surface area contributed by atoms with Gasteiger partial charge in [-0.15, -0.1) is 0 Å². The molecule has 0 aliphatic rings. The summed E-state index contributed by atoms with van der Waals surface area (Å²) in [4.78, 5) is 0. The third-order valence-corrected chi connectivity index (χ3v) is 11.6. The van der Waals surface area contributed by atoms with Crippen LogP contribution in [0.4, 0.5) is 0 Å². The van der Waals surface area contributed by atoms with Gasteiger partial charge in [-0.2, -0.15) is 26.3 Å². The molecule has 8 aromatic carbocycles. The summed E-state index contributed by atoms with van der Waals surface area (Å²) in [5.41, 5.74) is 14.3. The second kappa shape index (κ2) is 14.3. The summed E-state index contributed by atoms with van der Waals surface area (Å²) < 4.78 is 4.61. The smallest absolute Gasteiger partial charge is 0.0998 e. The highest BCUT2D eigenvalue weighted by Gasteiger charge is 2.23. The summed E-state index contributed by atoms with van der Waals surface area (Å²) >= 11 is 0. The molecule has 2 heterocycles. The van der Waals surface area contributed by atoms with E-state index in [9.17, 15) is 26.3 Å². The minimum absolute atomic E-state index is 0.434.